The normalized spacial score (nSPS) is 10.9. The molecular weight excluding hydrogens is 445 g/mol. The van der Waals surface area contributed by atoms with E-state index in [0.717, 1.165) is 28.7 Å². The van der Waals surface area contributed by atoms with E-state index >= 15 is 0 Å². The second kappa shape index (κ2) is 10.2. The van der Waals surface area contributed by atoms with Crippen molar-refractivity contribution in [1.29, 1.82) is 0 Å². The average Bonchev–Trinajstić information content (AvgIpc) is 2.87. The van der Waals surface area contributed by atoms with E-state index in [9.17, 15) is 0 Å². The van der Waals surface area contributed by atoms with E-state index in [0.29, 0.717) is 18.8 Å². The maximum Gasteiger partial charge on any atom is 0.191 e. The van der Waals surface area contributed by atoms with Gasteiger partial charge in [0.05, 0.1) is 19.9 Å². The molecule has 0 aliphatic carbocycles. The maximum atomic E-state index is 5.34. The number of guanidine groups is 1. The lowest BCUT2D eigenvalue weighted by Crippen LogP contribution is -2.36. The summed E-state index contributed by atoms with van der Waals surface area (Å²) >= 11 is 0. The summed E-state index contributed by atoms with van der Waals surface area (Å²) in [6.45, 7) is 5.39. The highest BCUT2D eigenvalue weighted by atomic mass is 127. The number of hydrogen-bond acceptors (Lipinski definition) is 4. The van der Waals surface area contributed by atoms with Crippen molar-refractivity contribution in [3.05, 3.63) is 40.7 Å². The number of aromatic nitrogens is 2. The van der Waals surface area contributed by atoms with Crippen molar-refractivity contribution in [3.63, 3.8) is 0 Å². The van der Waals surface area contributed by atoms with Crippen LogP contribution in [0.3, 0.4) is 0 Å². The van der Waals surface area contributed by atoms with Crippen molar-refractivity contribution in [3.8, 4) is 11.5 Å². The first-order valence-corrected chi connectivity index (χ1v) is 8.14. The Hall–Kier alpha value is -1.97. The Labute approximate surface area is 172 Å². The number of nitrogens with zero attached hydrogens (tertiary/aromatic N) is 3. The fraction of sp³-hybridized carbons (Fsp3) is 0.444. The van der Waals surface area contributed by atoms with Gasteiger partial charge >= 0.3 is 0 Å². The third-order valence-electron chi connectivity index (χ3n) is 4.22. The van der Waals surface area contributed by atoms with Crippen molar-refractivity contribution in [2.24, 2.45) is 12.0 Å². The molecule has 1 aromatic heterocycles. The molecule has 0 aliphatic heterocycles. The molecule has 2 aromatic rings. The molecule has 0 atom stereocenters. The fourth-order valence-corrected chi connectivity index (χ4v) is 2.64. The van der Waals surface area contributed by atoms with Gasteiger partial charge in [0.1, 0.15) is 0 Å². The van der Waals surface area contributed by atoms with Crippen molar-refractivity contribution in [2.75, 3.05) is 21.3 Å². The highest BCUT2D eigenvalue weighted by Crippen LogP contribution is 2.27. The van der Waals surface area contributed by atoms with Crippen LogP contribution < -0.4 is 20.1 Å². The smallest absolute Gasteiger partial charge is 0.191 e. The molecule has 0 bridgehead atoms. The van der Waals surface area contributed by atoms with E-state index in [1.807, 2.05) is 36.9 Å². The molecule has 8 heteroatoms. The van der Waals surface area contributed by atoms with Gasteiger partial charge in [-0.1, -0.05) is 6.07 Å². The van der Waals surface area contributed by atoms with Gasteiger partial charge in [-0.05, 0) is 31.5 Å². The summed E-state index contributed by atoms with van der Waals surface area (Å²) in [4.78, 5) is 4.27. The zero-order valence-electron chi connectivity index (χ0n) is 16.2. The van der Waals surface area contributed by atoms with E-state index in [1.165, 1.54) is 5.56 Å². The molecule has 1 aromatic carbocycles. The molecule has 0 spiro atoms. The highest BCUT2D eigenvalue weighted by Gasteiger charge is 2.10. The van der Waals surface area contributed by atoms with Gasteiger partial charge in [-0.2, -0.15) is 5.10 Å². The zero-order chi connectivity index (χ0) is 18.4. The highest BCUT2D eigenvalue weighted by molar-refractivity contribution is 14.0. The number of halogens is 1. The van der Waals surface area contributed by atoms with Gasteiger partial charge in [0.25, 0.3) is 0 Å². The number of methoxy groups -OCH3 is 2. The molecule has 7 nitrogen and oxygen atoms in total. The summed E-state index contributed by atoms with van der Waals surface area (Å²) in [6.07, 6.45) is 0. The van der Waals surface area contributed by atoms with Crippen LogP contribution in [-0.2, 0) is 20.1 Å². The minimum absolute atomic E-state index is 0. The van der Waals surface area contributed by atoms with Gasteiger partial charge in [-0.3, -0.25) is 9.67 Å². The second-order valence-electron chi connectivity index (χ2n) is 5.74. The standard InChI is InChI=1S/C18H27N5O2.HI/c1-12-15(13(2)23(4)22-12)11-21-18(19-3)20-10-14-7-8-16(24-5)17(9-14)25-6;/h7-9H,10-11H2,1-6H3,(H2,19,20,21);1H. The summed E-state index contributed by atoms with van der Waals surface area (Å²) in [6, 6.07) is 5.85. The minimum Gasteiger partial charge on any atom is -0.493 e. The van der Waals surface area contributed by atoms with Crippen LogP contribution in [0.4, 0.5) is 0 Å². The van der Waals surface area contributed by atoms with Crippen LogP contribution in [0.1, 0.15) is 22.5 Å². The van der Waals surface area contributed by atoms with Crippen LogP contribution in [0.15, 0.2) is 23.2 Å². The molecule has 0 unspecified atom stereocenters. The molecular formula is C18H28IN5O2. The first-order valence-electron chi connectivity index (χ1n) is 8.14. The molecule has 0 fully saturated rings. The van der Waals surface area contributed by atoms with Crippen LogP contribution in [0.5, 0.6) is 11.5 Å². The van der Waals surface area contributed by atoms with E-state index in [-0.39, 0.29) is 24.0 Å². The molecule has 26 heavy (non-hydrogen) atoms. The third-order valence-corrected chi connectivity index (χ3v) is 4.22. The van der Waals surface area contributed by atoms with Gasteiger partial charge < -0.3 is 20.1 Å². The summed E-state index contributed by atoms with van der Waals surface area (Å²) in [7, 11) is 6.97. The SMILES string of the molecule is CN=C(NCc1ccc(OC)c(OC)c1)NCc1c(C)nn(C)c1C.I. The fourth-order valence-electron chi connectivity index (χ4n) is 2.64. The van der Waals surface area contributed by atoms with E-state index in [1.54, 1.807) is 21.3 Å². The van der Waals surface area contributed by atoms with E-state index in [2.05, 4.69) is 27.6 Å². The van der Waals surface area contributed by atoms with Crippen molar-refractivity contribution >= 4 is 29.9 Å². The Bertz CT molecular complexity index is 758. The lowest BCUT2D eigenvalue weighted by Gasteiger charge is -2.14. The molecule has 0 saturated heterocycles. The molecule has 0 radical (unpaired) electrons. The molecule has 1 heterocycles. The summed E-state index contributed by atoms with van der Waals surface area (Å²) in [5.74, 6) is 2.17. The van der Waals surface area contributed by atoms with Gasteiger partial charge in [0, 0.05) is 38.4 Å². The summed E-state index contributed by atoms with van der Waals surface area (Å²) in [5.41, 5.74) is 4.45. The van der Waals surface area contributed by atoms with Crippen molar-refractivity contribution < 1.29 is 9.47 Å². The van der Waals surface area contributed by atoms with Gasteiger partial charge in [0.15, 0.2) is 17.5 Å². The lowest BCUT2D eigenvalue weighted by molar-refractivity contribution is 0.354. The predicted molar refractivity (Wildman–Crippen MR) is 115 cm³/mol. The van der Waals surface area contributed by atoms with Crippen molar-refractivity contribution in [1.82, 2.24) is 20.4 Å². The summed E-state index contributed by atoms with van der Waals surface area (Å²) < 4.78 is 12.5. The number of hydrogen-bond donors (Lipinski definition) is 2. The van der Waals surface area contributed by atoms with Crippen LogP contribution in [0, 0.1) is 13.8 Å². The molecule has 144 valence electrons. The molecule has 2 N–H and O–H groups in total. The Morgan fingerprint density at radius 1 is 1.12 bits per heavy atom. The first-order chi connectivity index (χ1) is 12.0. The quantitative estimate of drug-likeness (QED) is 0.384. The van der Waals surface area contributed by atoms with Gasteiger partial charge in [-0.25, -0.2) is 0 Å². The zero-order valence-corrected chi connectivity index (χ0v) is 18.5. The Kier molecular flexibility index (Phi) is 8.70. The third kappa shape index (κ3) is 5.26. The van der Waals surface area contributed by atoms with E-state index in [4.69, 9.17) is 9.47 Å². The van der Waals surface area contributed by atoms with Gasteiger partial charge in [-0.15, -0.1) is 24.0 Å². The minimum atomic E-state index is 0. The van der Waals surface area contributed by atoms with E-state index < -0.39 is 0 Å². The van der Waals surface area contributed by atoms with Crippen molar-refractivity contribution in [2.45, 2.75) is 26.9 Å². The number of rotatable bonds is 6. The maximum absolute atomic E-state index is 5.34. The largest absolute Gasteiger partial charge is 0.493 e. The number of nitrogens with one attached hydrogen (secondary N) is 2. The average molecular weight is 473 g/mol. The van der Waals surface area contributed by atoms with Crippen LogP contribution in [0.25, 0.3) is 0 Å². The molecule has 2 rings (SSSR count). The Balaban J connectivity index is 0.00000338. The van der Waals surface area contributed by atoms with Gasteiger partial charge in [0.2, 0.25) is 0 Å². The number of aliphatic imine (C=N–C) groups is 1. The first kappa shape index (κ1) is 22.1. The van der Waals surface area contributed by atoms with Crippen LogP contribution in [-0.4, -0.2) is 37.0 Å². The predicted octanol–water partition coefficient (Wildman–Crippen LogP) is 2.54. The summed E-state index contributed by atoms with van der Waals surface area (Å²) in [5, 5.41) is 11.1. The lowest BCUT2D eigenvalue weighted by atomic mass is 10.2. The number of aryl methyl sites for hydroxylation is 2. The number of benzene rings is 1. The topological polar surface area (TPSA) is 72.7 Å². The molecule has 0 aliphatic rings. The van der Waals surface area contributed by atoms with Crippen LogP contribution >= 0.6 is 24.0 Å². The number of ether oxygens (including phenoxy) is 2. The molecule has 0 amide bonds. The monoisotopic (exact) mass is 473 g/mol. The molecule has 0 saturated carbocycles. The Morgan fingerprint density at radius 3 is 2.31 bits per heavy atom. The Morgan fingerprint density at radius 2 is 1.77 bits per heavy atom. The van der Waals surface area contributed by atoms with Crippen LogP contribution in [0.2, 0.25) is 0 Å². The second-order valence-corrected chi connectivity index (χ2v) is 5.74.